The number of carbonyl (C=O) groups excluding carboxylic acids is 2. The Balaban J connectivity index is 0.00000280. The summed E-state index contributed by atoms with van der Waals surface area (Å²) in [6, 6.07) is 19.1. The molecule has 2 atom stereocenters. The lowest BCUT2D eigenvalue weighted by atomic mass is 10.0. The van der Waals surface area contributed by atoms with Crippen molar-refractivity contribution >= 4 is 24.2 Å². The van der Waals surface area contributed by atoms with Crippen LogP contribution in [0.25, 0.3) is 0 Å². The average Bonchev–Trinajstić information content (AvgIpc) is 3.19. The van der Waals surface area contributed by atoms with Gasteiger partial charge in [-0.05, 0) is 30.4 Å². The largest absolute Gasteiger partial charge is 0.358 e. The van der Waals surface area contributed by atoms with E-state index in [9.17, 15) is 9.59 Å². The zero-order valence-corrected chi connectivity index (χ0v) is 17.0. The van der Waals surface area contributed by atoms with Crippen molar-refractivity contribution < 1.29 is 9.59 Å². The van der Waals surface area contributed by atoms with E-state index in [1.54, 1.807) is 7.05 Å². The third-order valence-corrected chi connectivity index (χ3v) is 5.09. The molecule has 150 valence electrons. The molecule has 6 heteroatoms. The molecule has 2 amide bonds. The average molecular weight is 402 g/mol. The van der Waals surface area contributed by atoms with Gasteiger partial charge in [-0.15, -0.1) is 12.4 Å². The van der Waals surface area contributed by atoms with Crippen LogP contribution in [0.5, 0.6) is 0 Å². The first kappa shape index (κ1) is 21.9. The number of likely N-dealkylation sites (tertiary alicyclic amines) is 1. The molecule has 0 aromatic heterocycles. The molecule has 1 heterocycles. The summed E-state index contributed by atoms with van der Waals surface area (Å²) in [5, 5.41) is 5.81. The molecule has 2 aromatic carbocycles. The highest BCUT2D eigenvalue weighted by molar-refractivity contribution is 5.86. The van der Waals surface area contributed by atoms with Crippen LogP contribution in [-0.2, 0) is 16.0 Å². The minimum absolute atomic E-state index is 0. The minimum Gasteiger partial charge on any atom is -0.358 e. The summed E-state index contributed by atoms with van der Waals surface area (Å²) in [5.41, 5.74) is 2.12. The Morgan fingerprint density at radius 3 is 2.36 bits per heavy atom. The second-order valence-corrected chi connectivity index (χ2v) is 6.85. The summed E-state index contributed by atoms with van der Waals surface area (Å²) in [6.45, 7) is 1.34. The first-order chi connectivity index (χ1) is 13.2. The van der Waals surface area contributed by atoms with E-state index >= 15 is 0 Å². The van der Waals surface area contributed by atoms with Gasteiger partial charge >= 0.3 is 0 Å². The lowest BCUT2D eigenvalue weighted by molar-refractivity contribution is -0.131. The van der Waals surface area contributed by atoms with Crippen LogP contribution in [0.3, 0.4) is 0 Å². The van der Waals surface area contributed by atoms with Crippen LogP contribution in [0.15, 0.2) is 60.7 Å². The Kier molecular flexibility index (Phi) is 8.48. The van der Waals surface area contributed by atoms with Gasteiger partial charge in [0, 0.05) is 20.1 Å². The van der Waals surface area contributed by atoms with E-state index in [-0.39, 0.29) is 30.3 Å². The number of nitrogens with zero attached hydrogens (tertiary/aromatic N) is 1. The molecule has 0 unspecified atom stereocenters. The first-order valence-electron chi connectivity index (χ1n) is 9.54. The fraction of sp³-hybridized carbons (Fsp3) is 0.364. The van der Waals surface area contributed by atoms with E-state index in [1.807, 2.05) is 53.4 Å². The van der Waals surface area contributed by atoms with E-state index < -0.39 is 6.04 Å². The van der Waals surface area contributed by atoms with E-state index in [4.69, 9.17) is 0 Å². The van der Waals surface area contributed by atoms with Gasteiger partial charge < -0.3 is 10.6 Å². The molecule has 2 aromatic rings. The number of benzene rings is 2. The maximum atomic E-state index is 12.8. The molecule has 0 bridgehead atoms. The lowest BCUT2D eigenvalue weighted by Gasteiger charge is -2.31. The van der Waals surface area contributed by atoms with Crippen molar-refractivity contribution in [2.24, 2.45) is 0 Å². The second kappa shape index (κ2) is 10.8. The standard InChI is InChI=1S/C22H27N3O2.ClH/c1-23-22(27)20(18-11-6-3-7-12-18)25-16-8-13-19(25)21(26)24-15-14-17-9-4-2-5-10-17;/h2-7,9-12,19-20H,8,13-16H2,1H3,(H,23,27)(H,24,26);1H/t19-,20+;/m0./s1. The van der Waals surface area contributed by atoms with E-state index in [1.165, 1.54) is 5.56 Å². The summed E-state index contributed by atoms with van der Waals surface area (Å²) in [5.74, 6) is -0.0709. The monoisotopic (exact) mass is 401 g/mol. The Labute approximate surface area is 172 Å². The van der Waals surface area contributed by atoms with Gasteiger partial charge in [0.05, 0.1) is 6.04 Å². The minimum atomic E-state index is -0.441. The molecule has 0 aliphatic carbocycles. The molecular weight excluding hydrogens is 374 g/mol. The topological polar surface area (TPSA) is 61.4 Å². The van der Waals surface area contributed by atoms with Crippen molar-refractivity contribution in [2.75, 3.05) is 20.1 Å². The summed E-state index contributed by atoms with van der Waals surface area (Å²) >= 11 is 0. The highest BCUT2D eigenvalue weighted by atomic mass is 35.5. The van der Waals surface area contributed by atoms with E-state index in [0.29, 0.717) is 6.54 Å². The molecule has 1 aliphatic heterocycles. The predicted octanol–water partition coefficient (Wildman–Crippen LogP) is 2.72. The van der Waals surface area contributed by atoms with Crippen LogP contribution in [0, 0.1) is 0 Å². The molecule has 5 nitrogen and oxygen atoms in total. The van der Waals surface area contributed by atoms with Gasteiger partial charge in [-0.2, -0.15) is 0 Å². The summed E-state index contributed by atoms with van der Waals surface area (Å²) < 4.78 is 0. The molecule has 2 N–H and O–H groups in total. The van der Waals surface area contributed by atoms with Gasteiger partial charge in [-0.1, -0.05) is 60.7 Å². The lowest BCUT2D eigenvalue weighted by Crippen LogP contribution is -2.48. The van der Waals surface area contributed by atoms with Crippen LogP contribution < -0.4 is 10.6 Å². The molecule has 3 rings (SSSR count). The molecule has 28 heavy (non-hydrogen) atoms. The fourth-order valence-corrected chi connectivity index (χ4v) is 3.74. The zero-order valence-electron chi connectivity index (χ0n) is 16.1. The SMILES string of the molecule is CNC(=O)[C@@H](c1ccccc1)N1CCC[C@H]1C(=O)NCCc1ccccc1.Cl. The van der Waals surface area contributed by atoms with Crippen molar-refractivity contribution in [3.63, 3.8) is 0 Å². The maximum absolute atomic E-state index is 12.8. The number of hydrogen-bond acceptors (Lipinski definition) is 3. The number of nitrogens with one attached hydrogen (secondary N) is 2. The number of likely N-dealkylation sites (N-methyl/N-ethyl adjacent to an activating group) is 1. The van der Waals surface area contributed by atoms with E-state index in [2.05, 4.69) is 22.8 Å². The number of amides is 2. The quantitative estimate of drug-likeness (QED) is 0.749. The normalized spacial score (nSPS) is 17.4. The molecule has 0 spiro atoms. The van der Waals surface area contributed by atoms with Crippen molar-refractivity contribution in [1.82, 2.24) is 15.5 Å². The Morgan fingerprint density at radius 2 is 1.71 bits per heavy atom. The van der Waals surface area contributed by atoms with Crippen LogP contribution in [0.2, 0.25) is 0 Å². The summed E-state index contributed by atoms with van der Waals surface area (Å²) in [4.78, 5) is 27.4. The number of halogens is 1. The summed E-state index contributed by atoms with van der Waals surface area (Å²) in [7, 11) is 1.64. The van der Waals surface area contributed by atoms with Gasteiger partial charge in [-0.3, -0.25) is 14.5 Å². The molecular formula is C22H28ClN3O2. The number of hydrogen-bond donors (Lipinski definition) is 2. The molecule has 1 aliphatic rings. The highest BCUT2D eigenvalue weighted by Gasteiger charge is 2.38. The van der Waals surface area contributed by atoms with Crippen molar-refractivity contribution in [1.29, 1.82) is 0 Å². The Hall–Kier alpha value is -2.37. The zero-order chi connectivity index (χ0) is 19.1. The van der Waals surface area contributed by atoms with Gasteiger partial charge in [-0.25, -0.2) is 0 Å². The van der Waals surface area contributed by atoms with Crippen LogP contribution in [0.1, 0.15) is 30.0 Å². The van der Waals surface area contributed by atoms with Crippen LogP contribution in [-0.4, -0.2) is 42.9 Å². The molecule has 0 radical (unpaired) electrons. The van der Waals surface area contributed by atoms with Gasteiger partial charge in [0.2, 0.25) is 11.8 Å². The fourth-order valence-electron chi connectivity index (χ4n) is 3.74. The first-order valence-corrected chi connectivity index (χ1v) is 9.54. The number of rotatable bonds is 7. The van der Waals surface area contributed by atoms with E-state index in [0.717, 1.165) is 31.4 Å². The van der Waals surface area contributed by atoms with Crippen molar-refractivity contribution in [2.45, 2.75) is 31.3 Å². The smallest absolute Gasteiger partial charge is 0.241 e. The van der Waals surface area contributed by atoms with Gasteiger partial charge in [0.25, 0.3) is 0 Å². The highest BCUT2D eigenvalue weighted by Crippen LogP contribution is 2.29. The number of carbonyl (C=O) groups is 2. The van der Waals surface area contributed by atoms with Crippen molar-refractivity contribution in [3.8, 4) is 0 Å². The van der Waals surface area contributed by atoms with Crippen LogP contribution in [0.4, 0.5) is 0 Å². The maximum Gasteiger partial charge on any atom is 0.241 e. The van der Waals surface area contributed by atoms with Crippen LogP contribution >= 0.6 is 12.4 Å². The van der Waals surface area contributed by atoms with Gasteiger partial charge in [0.1, 0.15) is 6.04 Å². The third-order valence-electron chi connectivity index (χ3n) is 5.09. The molecule has 1 saturated heterocycles. The summed E-state index contributed by atoms with van der Waals surface area (Å²) in [6.07, 6.45) is 2.49. The molecule has 0 saturated carbocycles. The Bertz CT molecular complexity index is 755. The van der Waals surface area contributed by atoms with Crippen molar-refractivity contribution in [3.05, 3.63) is 71.8 Å². The third kappa shape index (κ3) is 5.33. The van der Waals surface area contributed by atoms with Gasteiger partial charge in [0.15, 0.2) is 0 Å². The Morgan fingerprint density at radius 1 is 1.07 bits per heavy atom. The molecule has 1 fully saturated rings. The predicted molar refractivity (Wildman–Crippen MR) is 113 cm³/mol. The second-order valence-electron chi connectivity index (χ2n) is 6.85.